The molecule has 3 aromatic rings. The lowest BCUT2D eigenvalue weighted by Gasteiger charge is -2.17. The lowest BCUT2D eigenvalue weighted by atomic mass is 9.93. The van der Waals surface area contributed by atoms with Crippen LogP contribution in [0.2, 0.25) is 0 Å². The van der Waals surface area contributed by atoms with E-state index in [2.05, 4.69) is 4.98 Å². The molecule has 0 fully saturated rings. The van der Waals surface area contributed by atoms with Gasteiger partial charge in [0.05, 0.1) is 5.56 Å². The third-order valence-corrected chi connectivity index (χ3v) is 5.31. The Morgan fingerprint density at radius 2 is 1.78 bits per heavy atom. The summed E-state index contributed by atoms with van der Waals surface area (Å²) in [6, 6.07) is 9.47. The van der Waals surface area contributed by atoms with Crippen molar-refractivity contribution < 1.29 is 32.9 Å². The number of aryl methyl sites for hydroxylation is 1. The van der Waals surface area contributed by atoms with E-state index >= 15 is 0 Å². The maximum atomic E-state index is 13.1. The predicted molar refractivity (Wildman–Crippen MR) is 113 cm³/mol. The van der Waals surface area contributed by atoms with Crippen LogP contribution in [0.25, 0.3) is 11.3 Å². The molecule has 3 rings (SSSR count). The second-order valence-electron chi connectivity index (χ2n) is 7.53. The molecule has 2 aromatic carbocycles. The third kappa shape index (κ3) is 5.01. The summed E-state index contributed by atoms with van der Waals surface area (Å²) in [6.45, 7) is 5.13. The largest absolute Gasteiger partial charge is 0.506 e. The fourth-order valence-electron chi connectivity index (χ4n) is 3.49. The quantitative estimate of drug-likeness (QED) is 0.527. The van der Waals surface area contributed by atoms with Gasteiger partial charge < -0.3 is 14.9 Å². The Balaban J connectivity index is 1.97. The van der Waals surface area contributed by atoms with Crippen LogP contribution >= 0.6 is 0 Å². The van der Waals surface area contributed by atoms with Crippen LogP contribution in [0.1, 0.15) is 33.5 Å². The van der Waals surface area contributed by atoms with Crippen LogP contribution in [0.4, 0.5) is 13.2 Å². The minimum absolute atomic E-state index is 0.0713. The highest BCUT2D eigenvalue weighted by Gasteiger charge is 2.30. The van der Waals surface area contributed by atoms with E-state index in [0.717, 1.165) is 34.4 Å². The summed E-state index contributed by atoms with van der Waals surface area (Å²) in [6.07, 6.45) is -4.12. The summed E-state index contributed by atoms with van der Waals surface area (Å²) in [7, 11) is 0. The zero-order chi connectivity index (χ0) is 23.6. The number of pyridine rings is 1. The number of hydrogen-bond acceptors (Lipinski definition) is 4. The molecule has 32 heavy (non-hydrogen) atoms. The minimum Gasteiger partial charge on any atom is -0.506 e. The van der Waals surface area contributed by atoms with Gasteiger partial charge in [-0.3, -0.25) is 0 Å². The molecule has 0 atom stereocenters. The standard InChI is InChI=1S/C24H22F3NO4/c1-13-9-21(32-12-22(30)31)15(3)14(2)19(13)11-18-7-8-20(29)23(28-18)16-5-4-6-17(10-16)24(25,26)27/h4-10,29H,11-12H2,1-3H3,(H,30,31). The average Bonchev–Trinajstić information content (AvgIpc) is 2.73. The summed E-state index contributed by atoms with van der Waals surface area (Å²) < 4.78 is 44.6. The Morgan fingerprint density at radius 1 is 1.06 bits per heavy atom. The van der Waals surface area contributed by atoms with Crippen LogP contribution in [0.5, 0.6) is 11.5 Å². The van der Waals surface area contributed by atoms with Crippen molar-refractivity contribution in [1.29, 1.82) is 0 Å². The number of aromatic nitrogens is 1. The Morgan fingerprint density at radius 3 is 2.44 bits per heavy atom. The minimum atomic E-state index is -4.50. The van der Waals surface area contributed by atoms with Crippen molar-refractivity contribution >= 4 is 5.97 Å². The van der Waals surface area contributed by atoms with Crippen LogP contribution in [0.15, 0.2) is 42.5 Å². The maximum Gasteiger partial charge on any atom is 0.416 e. The van der Waals surface area contributed by atoms with E-state index in [1.165, 1.54) is 18.2 Å². The first kappa shape index (κ1) is 23.1. The Bertz CT molecular complexity index is 1170. The Hall–Kier alpha value is -3.55. The number of halogens is 3. The van der Waals surface area contributed by atoms with Gasteiger partial charge in [0.1, 0.15) is 17.2 Å². The highest BCUT2D eigenvalue weighted by Crippen LogP contribution is 2.35. The normalized spacial score (nSPS) is 11.4. The molecule has 168 valence electrons. The maximum absolute atomic E-state index is 13.1. The summed E-state index contributed by atoms with van der Waals surface area (Å²) in [5.74, 6) is -0.802. The molecular formula is C24H22F3NO4. The molecule has 0 bridgehead atoms. The van der Waals surface area contributed by atoms with E-state index < -0.39 is 24.3 Å². The molecule has 0 spiro atoms. The molecule has 0 unspecified atom stereocenters. The number of carboxylic acid groups (broad SMARTS) is 1. The second kappa shape index (κ2) is 8.90. The highest BCUT2D eigenvalue weighted by atomic mass is 19.4. The van der Waals surface area contributed by atoms with Crippen molar-refractivity contribution in [2.24, 2.45) is 0 Å². The van der Waals surface area contributed by atoms with E-state index in [1.807, 2.05) is 20.8 Å². The number of nitrogens with zero attached hydrogens (tertiary/aromatic N) is 1. The lowest BCUT2D eigenvalue weighted by Crippen LogP contribution is -2.11. The average molecular weight is 445 g/mol. The van der Waals surface area contributed by atoms with Gasteiger partial charge in [-0.15, -0.1) is 0 Å². The molecular weight excluding hydrogens is 423 g/mol. The van der Waals surface area contributed by atoms with Crippen LogP contribution in [-0.2, 0) is 17.4 Å². The van der Waals surface area contributed by atoms with Gasteiger partial charge in [0, 0.05) is 17.7 Å². The zero-order valence-corrected chi connectivity index (χ0v) is 17.7. The van der Waals surface area contributed by atoms with Gasteiger partial charge in [-0.2, -0.15) is 13.2 Å². The number of hydrogen-bond donors (Lipinski definition) is 2. The van der Waals surface area contributed by atoms with E-state index in [9.17, 15) is 23.1 Å². The monoisotopic (exact) mass is 445 g/mol. The molecule has 1 aromatic heterocycles. The van der Waals surface area contributed by atoms with Gasteiger partial charge in [-0.25, -0.2) is 9.78 Å². The molecule has 0 aliphatic rings. The summed E-state index contributed by atoms with van der Waals surface area (Å²) in [5.41, 5.74) is 3.50. The predicted octanol–water partition coefficient (Wildman–Crippen LogP) is 5.45. The third-order valence-electron chi connectivity index (χ3n) is 5.31. The van der Waals surface area contributed by atoms with Crippen molar-refractivity contribution in [2.75, 3.05) is 6.61 Å². The molecule has 2 N–H and O–H groups in total. The fraction of sp³-hybridized carbons (Fsp3) is 0.250. The number of carbonyl (C=O) groups is 1. The van der Waals surface area contributed by atoms with Gasteiger partial charge in [0.2, 0.25) is 0 Å². The molecule has 1 heterocycles. The lowest BCUT2D eigenvalue weighted by molar-refractivity contribution is -0.139. The molecule has 0 saturated heterocycles. The molecule has 0 radical (unpaired) electrons. The highest BCUT2D eigenvalue weighted by molar-refractivity contribution is 5.69. The Kier molecular flexibility index (Phi) is 6.43. The first-order valence-electron chi connectivity index (χ1n) is 9.78. The van der Waals surface area contributed by atoms with Crippen LogP contribution in [0.3, 0.4) is 0 Å². The fourth-order valence-corrected chi connectivity index (χ4v) is 3.49. The van der Waals surface area contributed by atoms with Crippen LogP contribution in [-0.4, -0.2) is 27.8 Å². The number of carboxylic acids is 1. The topological polar surface area (TPSA) is 79.7 Å². The van der Waals surface area contributed by atoms with Crippen molar-refractivity contribution in [2.45, 2.75) is 33.4 Å². The Labute approximate surface area is 183 Å². The van der Waals surface area contributed by atoms with Crippen molar-refractivity contribution in [3.05, 3.63) is 76.0 Å². The number of aliphatic carboxylic acids is 1. The van der Waals surface area contributed by atoms with Crippen molar-refractivity contribution in [3.63, 3.8) is 0 Å². The SMILES string of the molecule is Cc1cc(OCC(=O)O)c(C)c(C)c1Cc1ccc(O)c(-c2cccc(C(F)(F)F)c2)n1. The number of aromatic hydroxyl groups is 1. The van der Waals surface area contributed by atoms with E-state index in [-0.39, 0.29) is 17.0 Å². The number of ether oxygens (including phenoxy) is 1. The number of benzene rings is 2. The van der Waals surface area contributed by atoms with Crippen molar-refractivity contribution in [3.8, 4) is 22.8 Å². The molecule has 0 aliphatic carbocycles. The van der Waals surface area contributed by atoms with E-state index in [0.29, 0.717) is 17.9 Å². The number of rotatable bonds is 6. The van der Waals surface area contributed by atoms with Crippen LogP contribution in [0, 0.1) is 20.8 Å². The summed E-state index contributed by atoms with van der Waals surface area (Å²) >= 11 is 0. The molecule has 0 saturated carbocycles. The first-order chi connectivity index (χ1) is 15.0. The smallest absolute Gasteiger partial charge is 0.416 e. The summed E-state index contributed by atoms with van der Waals surface area (Å²) in [5, 5.41) is 19.1. The first-order valence-corrected chi connectivity index (χ1v) is 9.78. The van der Waals surface area contributed by atoms with Gasteiger partial charge >= 0.3 is 12.1 Å². The number of alkyl halides is 3. The summed E-state index contributed by atoms with van der Waals surface area (Å²) in [4.78, 5) is 15.2. The van der Waals surface area contributed by atoms with Crippen LogP contribution < -0.4 is 4.74 Å². The van der Waals surface area contributed by atoms with E-state index in [1.54, 1.807) is 12.1 Å². The molecule has 0 aliphatic heterocycles. The van der Waals surface area contributed by atoms with E-state index in [4.69, 9.17) is 9.84 Å². The molecule has 5 nitrogen and oxygen atoms in total. The van der Waals surface area contributed by atoms with Gasteiger partial charge in [0.25, 0.3) is 0 Å². The second-order valence-corrected chi connectivity index (χ2v) is 7.53. The van der Waals surface area contributed by atoms with Crippen molar-refractivity contribution in [1.82, 2.24) is 4.98 Å². The molecule has 0 amide bonds. The zero-order valence-electron chi connectivity index (χ0n) is 17.7. The van der Waals surface area contributed by atoms with Gasteiger partial charge in [0.15, 0.2) is 6.61 Å². The van der Waals surface area contributed by atoms with Gasteiger partial charge in [-0.1, -0.05) is 12.1 Å². The molecule has 8 heteroatoms. The van der Waals surface area contributed by atoms with Gasteiger partial charge in [-0.05, 0) is 73.4 Å².